The van der Waals surface area contributed by atoms with Crippen molar-refractivity contribution in [3.05, 3.63) is 46.8 Å². The van der Waals surface area contributed by atoms with Crippen molar-refractivity contribution in [1.29, 1.82) is 0 Å². The number of hydrogen-bond acceptors (Lipinski definition) is 5. The average Bonchev–Trinajstić information content (AvgIpc) is 2.85. The van der Waals surface area contributed by atoms with E-state index in [1.165, 1.54) is 0 Å². The molecule has 2 aromatic rings. The minimum absolute atomic E-state index is 0.0402. The molecule has 0 atom stereocenters. The summed E-state index contributed by atoms with van der Waals surface area (Å²) in [4.78, 5) is 14.0. The van der Waals surface area contributed by atoms with Gasteiger partial charge in [0.2, 0.25) is 5.91 Å². The fraction of sp³-hybridized carbons (Fsp3) is 0.412. The zero-order valence-corrected chi connectivity index (χ0v) is 14.9. The summed E-state index contributed by atoms with van der Waals surface area (Å²) in [6.07, 6.45) is 0. The Kier molecular flexibility index (Phi) is 6.10. The van der Waals surface area contributed by atoms with E-state index in [4.69, 9.17) is 4.52 Å². The molecule has 0 aliphatic carbocycles. The van der Waals surface area contributed by atoms with Gasteiger partial charge in [0.05, 0.1) is 11.4 Å². The summed E-state index contributed by atoms with van der Waals surface area (Å²) in [6.45, 7) is 4.37. The van der Waals surface area contributed by atoms with Crippen LogP contribution in [0.1, 0.15) is 22.6 Å². The highest BCUT2D eigenvalue weighted by atomic mass is 32.2. The number of nitrogens with one attached hydrogen (secondary N) is 1. The van der Waals surface area contributed by atoms with Crippen LogP contribution in [0.2, 0.25) is 0 Å². The molecule has 0 bridgehead atoms. The largest absolute Gasteiger partial charge is 0.378 e. The zero-order chi connectivity index (χ0) is 16.8. The van der Waals surface area contributed by atoms with Crippen molar-refractivity contribution in [1.82, 2.24) is 10.5 Å². The molecule has 0 aliphatic heterocycles. The molecule has 1 N–H and O–H groups in total. The third-order valence-corrected chi connectivity index (χ3v) is 4.56. The normalized spacial score (nSPS) is 10.6. The summed E-state index contributed by atoms with van der Waals surface area (Å²) in [5.74, 6) is 2.04. The number of amides is 1. The van der Waals surface area contributed by atoms with Crippen LogP contribution in [-0.2, 0) is 17.1 Å². The standard InChI is InChI=1S/C17H23N3O2S/c1-12-16(13(2)22-19-12)10-23-11-17(21)18-9-14-5-7-15(8-6-14)20(3)4/h5-8H,9-11H2,1-4H3,(H,18,21). The Balaban J connectivity index is 1.73. The lowest BCUT2D eigenvalue weighted by atomic mass is 10.2. The molecule has 1 aromatic carbocycles. The van der Waals surface area contributed by atoms with Crippen LogP contribution in [0.15, 0.2) is 28.8 Å². The Morgan fingerprint density at radius 3 is 2.52 bits per heavy atom. The summed E-state index contributed by atoms with van der Waals surface area (Å²) in [5.41, 5.74) is 4.23. The lowest BCUT2D eigenvalue weighted by Crippen LogP contribution is -2.24. The first-order valence-corrected chi connectivity index (χ1v) is 8.65. The molecule has 6 heteroatoms. The van der Waals surface area contributed by atoms with Gasteiger partial charge in [0.15, 0.2) is 0 Å². The van der Waals surface area contributed by atoms with Crippen molar-refractivity contribution in [2.45, 2.75) is 26.1 Å². The highest BCUT2D eigenvalue weighted by Gasteiger charge is 2.10. The fourth-order valence-electron chi connectivity index (χ4n) is 2.12. The molecular weight excluding hydrogens is 310 g/mol. The number of aromatic nitrogens is 1. The van der Waals surface area contributed by atoms with E-state index in [9.17, 15) is 4.79 Å². The summed E-state index contributed by atoms with van der Waals surface area (Å²) in [7, 11) is 4.01. The second-order valence-electron chi connectivity index (χ2n) is 5.63. The topological polar surface area (TPSA) is 58.4 Å². The van der Waals surface area contributed by atoms with Crippen molar-refractivity contribution in [3.63, 3.8) is 0 Å². The van der Waals surface area contributed by atoms with Gasteiger partial charge in [-0.2, -0.15) is 0 Å². The van der Waals surface area contributed by atoms with E-state index in [1.54, 1.807) is 11.8 Å². The van der Waals surface area contributed by atoms with Gasteiger partial charge in [-0.25, -0.2) is 0 Å². The van der Waals surface area contributed by atoms with Crippen molar-refractivity contribution in [3.8, 4) is 0 Å². The van der Waals surface area contributed by atoms with Crippen molar-refractivity contribution in [2.24, 2.45) is 0 Å². The van der Waals surface area contributed by atoms with Crippen LogP contribution in [0.5, 0.6) is 0 Å². The van der Waals surface area contributed by atoms with E-state index in [2.05, 4.69) is 10.5 Å². The summed E-state index contributed by atoms with van der Waals surface area (Å²) >= 11 is 1.57. The molecule has 0 aliphatic rings. The maximum Gasteiger partial charge on any atom is 0.230 e. The SMILES string of the molecule is Cc1noc(C)c1CSCC(=O)NCc1ccc(N(C)C)cc1. The van der Waals surface area contributed by atoms with Crippen molar-refractivity contribution < 1.29 is 9.32 Å². The molecule has 1 heterocycles. The van der Waals surface area contributed by atoms with Crippen LogP contribution in [0.3, 0.4) is 0 Å². The smallest absolute Gasteiger partial charge is 0.230 e. The first kappa shape index (κ1) is 17.4. The van der Waals surface area contributed by atoms with Crippen LogP contribution in [0.25, 0.3) is 0 Å². The monoisotopic (exact) mass is 333 g/mol. The molecular formula is C17H23N3O2S. The molecule has 0 unspecified atom stereocenters. The van der Waals surface area contributed by atoms with E-state index in [-0.39, 0.29) is 5.91 Å². The summed E-state index contributed by atoms with van der Waals surface area (Å²) in [6, 6.07) is 8.17. The zero-order valence-electron chi connectivity index (χ0n) is 14.0. The van der Waals surface area contributed by atoms with Gasteiger partial charge in [0.1, 0.15) is 5.76 Å². The number of rotatable bonds is 7. The van der Waals surface area contributed by atoms with Gasteiger partial charge in [0.25, 0.3) is 0 Å². The molecule has 1 aromatic heterocycles. The van der Waals surface area contributed by atoms with Crippen LogP contribution in [0.4, 0.5) is 5.69 Å². The number of aryl methyl sites for hydroxylation is 2. The second kappa shape index (κ2) is 8.06. The number of carbonyl (C=O) groups excluding carboxylic acids is 1. The Morgan fingerprint density at radius 2 is 1.96 bits per heavy atom. The van der Waals surface area contributed by atoms with E-state index in [1.807, 2.05) is 57.1 Å². The predicted octanol–water partition coefficient (Wildman–Crippen LogP) is 2.91. The van der Waals surface area contributed by atoms with Crippen LogP contribution in [0, 0.1) is 13.8 Å². The third kappa shape index (κ3) is 5.03. The molecule has 0 radical (unpaired) electrons. The molecule has 0 saturated carbocycles. The number of thioether (sulfide) groups is 1. The predicted molar refractivity (Wildman–Crippen MR) is 94.8 cm³/mol. The Bertz CT molecular complexity index is 631. The quantitative estimate of drug-likeness (QED) is 0.844. The van der Waals surface area contributed by atoms with Crippen LogP contribution >= 0.6 is 11.8 Å². The highest BCUT2D eigenvalue weighted by Crippen LogP contribution is 2.19. The molecule has 0 saturated heterocycles. The second-order valence-corrected chi connectivity index (χ2v) is 6.62. The number of anilines is 1. The Morgan fingerprint density at radius 1 is 1.26 bits per heavy atom. The lowest BCUT2D eigenvalue weighted by molar-refractivity contribution is -0.118. The Hall–Kier alpha value is -1.95. The molecule has 23 heavy (non-hydrogen) atoms. The van der Waals surface area contributed by atoms with Gasteiger partial charge < -0.3 is 14.7 Å². The molecule has 2 rings (SSSR count). The van der Waals surface area contributed by atoms with Gasteiger partial charge >= 0.3 is 0 Å². The lowest BCUT2D eigenvalue weighted by Gasteiger charge is -2.12. The van der Waals surface area contributed by atoms with Gasteiger partial charge in [-0.15, -0.1) is 11.8 Å². The average molecular weight is 333 g/mol. The number of nitrogens with zero attached hydrogens (tertiary/aromatic N) is 2. The summed E-state index contributed by atoms with van der Waals surface area (Å²) < 4.78 is 5.12. The number of hydrogen-bond donors (Lipinski definition) is 1. The van der Waals surface area contributed by atoms with Crippen molar-refractivity contribution >= 4 is 23.4 Å². The molecule has 0 spiro atoms. The fourth-order valence-corrected chi connectivity index (χ4v) is 3.12. The molecule has 5 nitrogen and oxygen atoms in total. The van der Waals surface area contributed by atoms with Crippen molar-refractivity contribution in [2.75, 3.05) is 24.7 Å². The summed E-state index contributed by atoms with van der Waals surface area (Å²) in [5, 5.41) is 6.86. The van der Waals surface area contributed by atoms with E-state index < -0.39 is 0 Å². The molecule has 0 fully saturated rings. The number of carbonyl (C=O) groups is 1. The minimum Gasteiger partial charge on any atom is -0.378 e. The first-order valence-electron chi connectivity index (χ1n) is 7.50. The van der Waals surface area contributed by atoms with E-state index in [0.717, 1.165) is 34.0 Å². The van der Waals surface area contributed by atoms with E-state index in [0.29, 0.717) is 12.3 Å². The van der Waals surface area contributed by atoms with Crippen LogP contribution in [-0.4, -0.2) is 30.9 Å². The van der Waals surface area contributed by atoms with Gasteiger partial charge in [0, 0.05) is 37.6 Å². The maximum atomic E-state index is 11.9. The minimum atomic E-state index is 0.0402. The van der Waals surface area contributed by atoms with Gasteiger partial charge in [-0.05, 0) is 31.5 Å². The van der Waals surface area contributed by atoms with Crippen LogP contribution < -0.4 is 10.2 Å². The van der Waals surface area contributed by atoms with Gasteiger partial charge in [-0.3, -0.25) is 4.79 Å². The third-order valence-electron chi connectivity index (χ3n) is 3.60. The van der Waals surface area contributed by atoms with E-state index >= 15 is 0 Å². The molecule has 124 valence electrons. The Labute approximate surface area is 141 Å². The molecule has 1 amide bonds. The maximum absolute atomic E-state index is 11.9. The van der Waals surface area contributed by atoms with Gasteiger partial charge in [-0.1, -0.05) is 17.3 Å². The first-order chi connectivity index (χ1) is 11.0. The number of benzene rings is 1. The highest BCUT2D eigenvalue weighted by molar-refractivity contribution is 7.99.